The van der Waals surface area contributed by atoms with Crippen LogP contribution in [0.15, 0.2) is 115 Å². The third-order valence-electron chi connectivity index (χ3n) is 9.85. The second-order valence-electron chi connectivity index (χ2n) is 14.1. The Morgan fingerprint density at radius 2 is 0.985 bits per heavy atom. The number of rotatable bonds is 18. The molecule has 0 aliphatic rings. The van der Waals surface area contributed by atoms with E-state index in [1.807, 2.05) is 13.8 Å². The molecule has 0 aliphatic carbocycles. The third-order valence-corrected chi connectivity index (χ3v) is 10.8. The van der Waals surface area contributed by atoms with Crippen molar-refractivity contribution in [3.8, 4) is 69.2 Å². The minimum Gasteiger partial charge on any atom is -0.493 e. The maximum Gasteiger partial charge on any atom is 0.510 e. The number of carbonyl (C=O) groups excluding carboxylic acids is 2. The Labute approximate surface area is 368 Å². The quantitative estimate of drug-likeness (QED) is 0.0625. The number of furan rings is 2. The summed E-state index contributed by atoms with van der Waals surface area (Å²) in [5, 5.41) is 16.1. The van der Waals surface area contributed by atoms with E-state index >= 15 is 8.78 Å². The van der Waals surface area contributed by atoms with Crippen LogP contribution in [0.5, 0.6) is 23.0 Å². The van der Waals surface area contributed by atoms with Gasteiger partial charge in [0.2, 0.25) is 11.8 Å². The summed E-state index contributed by atoms with van der Waals surface area (Å²) < 4.78 is 91.4. The molecule has 8 aromatic rings. The smallest absolute Gasteiger partial charge is 0.493 e. The van der Waals surface area contributed by atoms with Crippen molar-refractivity contribution < 1.29 is 59.1 Å². The minimum absolute atomic E-state index is 0.0797. The number of nitrogens with two attached hydrogens (primary N) is 1. The molecular weight excluding hydrogens is 867 g/mol. The maximum atomic E-state index is 16.3. The molecule has 0 saturated carbocycles. The van der Waals surface area contributed by atoms with Gasteiger partial charge in [0, 0.05) is 11.1 Å². The third kappa shape index (κ3) is 9.21. The van der Waals surface area contributed by atoms with Gasteiger partial charge in [-0.2, -0.15) is 0 Å². The molecule has 4 heterocycles. The molecule has 4 aromatic carbocycles. The lowest BCUT2D eigenvalue weighted by Gasteiger charge is -2.19. The first-order chi connectivity index (χ1) is 31.4. The van der Waals surface area contributed by atoms with Gasteiger partial charge in [-0.05, 0) is 111 Å². The molecule has 0 radical (unpaired) electrons. The van der Waals surface area contributed by atoms with Crippen LogP contribution in [0.1, 0.15) is 70.7 Å². The molecule has 0 amide bonds. The molecule has 0 saturated heterocycles. The fraction of sp³-hybridized carbons (Fsp3) is 0.174. The highest BCUT2D eigenvalue weighted by molar-refractivity contribution is 7.52. The van der Waals surface area contributed by atoms with Crippen LogP contribution in [0.25, 0.3) is 46.2 Å². The highest BCUT2D eigenvalue weighted by Gasteiger charge is 2.32. The van der Waals surface area contributed by atoms with Crippen LogP contribution in [0.2, 0.25) is 0 Å². The fourth-order valence-corrected chi connectivity index (χ4v) is 7.60. The van der Waals surface area contributed by atoms with Crippen molar-refractivity contribution in [2.75, 3.05) is 13.2 Å². The summed E-state index contributed by atoms with van der Waals surface area (Å²) in [5.41, 5.74) is 7.00. The van der Waals surface area contributed by atoms with Crippen LogP contribution in [0.4, 0.5) is 8.78 Å². The number of benzene rings is 4. The molecule has 8 rings (SSSR count). The van der Waals surface area contributed by atoms with E-state index in [2.05, 4.69) is 20.4 Å². The van der Waals surface area contributed by atoms with E-state index in [0.717, 1.165) is 35.4 Å². The molecule has 2 N–H and O–H groups in total. The Hall–Kier alpha value is -7.69. The van der Waals surface area contributed by atoms with E-state index in [0.29, 0.717) is 12.8 Å². The fourth-order valence-electron chi connectivity index (χ4n) is 6.73. The van der Waals surface area contributed by atoms with Gasteiger partial charge >= 0.3 is 7.75 Å². The van der Waals surface area contributed by atoms with E-state index in [-0.39, 0.29) is 93.2 Å². The van der Waals surface area contributed by atoms with Crippen molar-refractivity contribution in [3.05, 3.63) is 142 Å². The van der Waals surface area contributed by atoms with E-state index in [9.17, 15) is 14.2 Å². The normalized spacial score (nSPS) is 11.4. The van der Waals surface area contributed by atoms with Gasteiger partial charge in [0.05, 0.1) is 48.0 Å². The SMILES string of the molecule is CCOc1ccc(CC)cc1C(=O)c1cc(F)c(OP(N)(=O)Oc2cc(-c3nnc(-c4ccco4)o3)c(C(=O)c3cc(CC)ccc3OCC)cc2F)cc1-c1nnc(-c2ccco2)o1. The number of hydrogen-bond acceptors (Lipinski definition) is 15. The molecule has 0 atom stereocenters. The number of halogens is 2. The van der Waals surface area contributed by atoms with Crippen molar-refractivity contribution in [1.82, 2.24) is 20.4 Å². The van der Waals surface area contributed by atoms with E-state index < -0.39 is 42.4 Å². The molecule has 332 valence electrons. The van der Waals surface area contributed by atoms with Crippen LogP contribution in [0, 0.1) is 11.6 Å². The molecule has 19 heteroatoms. The lowest BCUT2D eigenvalue weighted by molar-refractivity contribution is 0.102. The molecule has 65 heavy (non-hydrogen) atoms. The van der Waals surface area contributed by atoms with Crippen LogP contribution in [-0.2, 0) is 17.4 Å². The lowest BCUT2D eigenvalue weighted by Crippen LogP contribution is -2.13. The zero-order chi connectivity index (χ0) is 45.8. The summed E-state index contributed by atoms with van der Waals surface area (Å²) in [7, 11) is -5.08. The van der Waals surface area contributed by atoms with Crippen molar-refractivity contribution in [2.45, 2.75) is 40.5 Å². The standard InChI is InChI=1S/C46H38F2N5O11P/c1-5-25-13-15-35(57-7-3)31(19-25)41(54)27-21-33(47)39(23-29(27)43-50-52-45(61-43)37-11-9-17-59-37)63-65(49,56)64-40-24-30(44-51-53-46(62-44)38-12-10-18-60-38)28(22-34(40)48)42(55)32-20-26(6-2)14-16-36(32)58-8-4/h9-24H,5-8H2,1-4H3,(H2,49,56). The van der Waals surface area contributed by atoms with Gasteiger partial charge in [0.15, 0.2) is 46.2 Å². The number of carbonyl (C=O) groups is 2. The summed E-state index contributed by atoms with van der Waals surface area (Å²) >= 11 is 0. The number of ketones is 2. The summed E-state index contributed by atoms with van der Waals surface area (Å²) in [5.74, 6) is -5.31. The number of hydrogen-bond donors (Lipinski definition) is 1. The topological polar surface area (TPSA) is 218 Å². The Morgan fingerprint density at radius 3 is 1.35 bits per heavy atom. The molecular formula is C46H38F2N5O11P. The van der Waals surface area contributed by atoms with Gasteiger partial charge in [-0.1, -0.05) is 26.0 Å². The molecule has 0 unspecified atom stereocenters. The average molecular weight is 906 g/mol. The predicted octanol–water partition coefficient (Wildman–Crippen LogP) is 10.5. The second kappa shape index (κ2) is 18.6. The summed E-state index contributed by atoms with van der Waals surface area (Å²) in [6.45, 7) is 7.75. The Kier molecular flexibility index (Phi) is 12.6. The van der Waals surface area contributed by atoms with Crippen LogP contribution in [0.3, 0.4) is 0 Å². The zero-order valence-electron chi connectivity index (χ0n) is 35.1. The van der Waals surface area contributed by atoms with Crippen LogP contribution >= 0.6 is 7.75 Å². The lowest BCUT2D eigenvalue weighted by atomic mass is 9.95. The predicted molar refractivity (Wildman–Crippen MR) is 229 cm³/mol. The highest BCUT2D eigenvalue weighted by Crippen LogP contribution is 2.46. The van der Waals surface area contributed by atoms with Gasteiger partial charge < -0.3 is 36.2 Å². The molecule has 16 nitrogen and oxygen atoms in total. The van der Waals surface area contributed by atoms with Gasteiger partial charge in [-0.3, -0.25) is 9.59 Å². The first kappa shape index (κ1) is 43.9. The van der Waals surface area contributed by atoms with Crippen molar-refractivity contribution in [3.63, 3.8) is 0 Å². The Balaban J connectivity index is 1.19. The molecule has 0 aliphatic heterocycles. The number of aromatic nitrogens is 4. The largest absolute Gasteiger partial charge is 0.510 e. The molecule has 0 spiro atoms. The van der Waals surface area contributed by atoms with Crippen molar-refractivity contribution >= 4 is 19.3 Å². The van der Waals surface area contributed by atoms with Crippen LogP contribution < -0.4 is 24.0 Å². The second-order valence-corrected chi connectivity index (χ2v) is 15.5. The van der Waals surface area contributed by atoms with E-state index in [1.165, 1.54) is 12.5 Å². The van der Waals surface area contributed by atoms with E-state index in [4.69, 9.17) is 41.7 Å². The van der Waals surface area contributed by atoms with Gasteiger partial charge in [-0.15, -0.1) is 20.4 Å². The summed E-state index contributed by atoms with van der Waals surface area (Å²) in [6.07, 6.45) is 3.92. The van der Waals surface area contributed by atoms with Gasteiger partial charge in [0.1, 0.15) is 11.5 Å². The van der Waals surface area contributed by atoms with E-state index in [1.54, 1.807) is 74.5 Å². The first-order valence-electron chi connectivity index (χ1n) is 20.2. The molecule has 0 bridgehead atoms. The highest BCUT2D eigenvalue weighted by atomic mass is 31.2. The van der Waals surface area contributed by atoms with Crippen LogP contribution in [-0.4, -0.2) is 45.2 Å². The summed E-state index contributed by atoms with van der Waals surface area (Å²) in [4.78, 5) is 28.7. The number of nitrogens with zero attached hydrogens (tertiary/aromatic N) is 4. The average Bonchev–Trinajstić information content (AvgIpc) is 4.16. The van der Waals surface area contributed by atoms with Crippen molar-refractivity contribution in [2.24, 2.45) is 5.50 Å². The zero-order valence-corrected chi connectivity index (χ0v) is 36.0. The monoisotopic (exact) mass is 905 g/mol. The minimum atomic E-state index is -5.08. The first-order valence-corrected chi connectivity index (χ1v) is 21.8. The maximum absolute atomic E-state index is 16.3. The number of ether oxygens (including phenoxy) is 2. The summed E-state index contributed by atoms with van der Waals surface area (Å²) in [6, 6.07) is 20.0. The van der Waals surface area contributed by atoms with Crippen molar-refractivity contribution in [1.29, 1.82) is 0 Å². The van der Waals surface area contributed by atoms with Gasteiger partial charge in [0.25, 0.3) is 11.8 Å². The Morgan fingerprint density at radius 1 is 0.569 bits per heavy atom. The number of aryl methyl sites for hydroxylation is 2. The molecule has 4 aromatic heterocycles. The molecule has 0 fully saturated rings. The van der Waals surface area contributed by atoms with Gasteiger partial charge in [-0.25, -0.2) is 18.9 Å². The Bertz CT molecular complexity index is 2870.